The second-order valence-corrected chi connectivity index (χ2v) is 6.22. The highest BCUT2D eigenvalue weighted by Crippen LogP contribution is 2.19. The van der Waals surface area contributed by atoms with E-state index in [-0.39, 0.29) is 6.10 Å². The average Bonchev–Trinajstić information content (AvgIpc) is 2.47. The molecule has 1 aromatic heterocycles. The second-order valence-electron chi connectivity index (χ2n) is 6.22. The Kier molecular flexibility index (Phi) is 6.46. The zero-order valence-corrected chi connectivity index (χ0v) is 13.5. The van der Waals surface area contributed by atoms with Crippen molar-refractivity contribution in [2.24, 2.45) is 5.92 Å². The SMILES string of the molecule is Cc1ccc(OCC2CCCCO2)c(CNCC(C)C)n1. The molecule has 1 unspecified atom stereocenters. The Bertz CT molecular complexity index is 429. The van der Waals surface area contributed by atoms with E-state index >= 15 is 0 Å². The highest BCUT2D eigenvalue weighted by atomic mass is 16.5. The van der Waals surface area contributed by atoms with Gasteiger partial charge in [-0.25, -0.2) is 0 Å². The summed E-state index contributed by atoms with van der Waals surface area (Å²) in [6.07, 6.45) is 3.74. The van der Waals surface area contributed by atoms with Crippen molar-refractivity contribution in [3.05, 3.63) is 23.5 Å². The number of nitrogens with one attached hydrogen (secondary N) is 1. The first-order chi connectivity index (χ1) is 10.1. The van der Waals surface area contributed by atoms with E-state index < -0.39 is 0 Å². The van der Waals surface area contributed by atoms with E-state index in [2.05, 4.69) is 24.1 Å². The molecule has 1 atom stereocenters. The van der Waals surface area contributed by atoms with Gasteiger partial charge in [0.2, 0.25) is 0 Å². The smallest absolute Gasteiger partial charge is 0.142 e. The number of ether oxygens (including phenoxy) is 2. The van der Waals surface area contributed by atoms with Gasteiger partial charge in [0.1, 0.15) is 12.4 Å². The number of hydrogen-bond acceptors (Lipinski definition) is 4. The zero-order chi connectivity index (χ0) is 15.1. The van der Waals surface area contributed by atoms with Crippen LogP contribution in [0.5, 0.6) is 5.75 Å². The molecular weight excluding hydrogens is 264 g/mol. The fourth-order valence-corrected chi connectivity index (χ4v) is 2.46. The zero-order valence-electron chi connectivity index (χ0n) is 13.5. The summed E-state index contributed by atoms with van der Waals surface area (Å²) < 4.78 is 11.7. The molecule has 0 bridgehead atoms. The second kappa shape index (κ2) is 8.35. The Morgan fingerprint density at radius 3 is 2.95 bits per heavy atom. The van der Waals surface area contributed by atoms with Crippen molar-refractivity contribution in [1.29, 1.82) is 0 Å². The maximum Gasteiger partial charge on any atom is 0.142 e. The topological polar surface area (TPSA) is 43.4 Å². The van der Waals surface area contributed by atoms with Gasteiger partial charge < -0.3 is 14.8 Å². The van der Waals surface area contributed by atoms with Crippen molar-refractivity contribution in [2.75, 3.05) is 19.8 Å². The Balaban J connectivity index is 1.90. The van der Waals surface area contributed by atoms with Crippen molar-refractivity contribution < 1.29 is 9.47 Å². The molecule has 0 radical (unpaired) electrons. The molecule has 4 heteroatoms. The van der Waals surface area contributed by atoms with E-state index in [0.717, 1.165) is 43.3 Å². The quantitative estimate of drug-likeness (QED) is 0.838. The molecule has 0 spiro atoms. The van der Waals surface area contributed by atoms with E-state index in [0.29, 0.717) is 12.5 Å². The summed E-state index contributed by atoms with van der Waals surface area (Å²) in [5, 5.41) is 3.43. The molecular formula is C17H28N2O2. The maximum atomic E-state index is 5.96. The van der Waals surface area contributed by atoms with Gasteiger partial charge >= 0.3 is 0 Å². The molecule has 1 aliphatic rings. The van der Waals surface area contributed by atoms with E-state index in [4.69, 9.17) is 9.47 Å². The predicted octanol–water partition coefficient (Wildman–Crippen LogP) is 3.08. The van der Waals surface area contributed by atoms with Gasteiger partial charge in [-0.1, -0.05) is 13.8 Å². The van der Waals surface area contributed by atoms with Crippen LogP contribution in [0.3, 0.4) is 0 Å². The van der Waals surface area contributed by atoms with Crippen molar-refractivity contribution in [3.63, 3.8) is 0 Å². The lowest BCUT2D eigenvalue weighted by molar-refractivity contribution is -0.0113. The Hall–Kier alpha value is -1.13. The highest BCUT2D eigenvalue weighted by molar-refractivity contribution is 5.29. The molecule has 1 N–H and O–H groups in total. The van der Waals surface area contributed by atoms with Crippen LogP contribution in [0.1, 0.15) is 44.5 Å². The van der Waals surface area contributed by atoms with Gasteiger partial charge in [0.05, 0.1) is 11.8 Å². The number of hydrogen-bond donors (Lipinski definition) is 1. The molecule has 1 aliphatic heterocycles. The number of aromatic nitrogens is 1. The van der Waals surface area contributed by atoms with Gasteiger partial charge in [-0.15, -0.1) is 0 Å². The third-order valence-electron chi connectivity index (χ3n) is 3.62. The lowest BCUT2D eigenvalue weighted by Gasteiger charge is -2.23. The molecule has 0 aromatic carbocycles. The normalized spacial score (nSPS) is 19.0. The molecule has 118 valence electrons. The molecule has 1 aromatic rings. The molecule has 2 rings (SSSR count). The minimum absolute atomic E-state index is 0.233. The van der Waals surface area contributed by atoms with Gasteiger partial charge in [-0.2, -0.15) is 0 Å². The molecule has 4 nitrogen and oxygen atoms in total. The molecule has 21 heavy (non-hydrogen) atoms. The van der Waals surface area contributed by atoms with Crippen molar-refractivity contribution in [2.45, 2.75) is 52.7 Å². The molecule has 0 aliphatic carbocycles. The molecule has 1 saturated heterocycles. The van der Waals surface area contributed by atoms with Gasteiger partial charge in [0.15, 0.2) is 0 Å². The van der Waals surface area contributed by atoms with Crippen LogP contribution in [0.25, 0.3) is 0 Å². The van der Waals surface area contributed by atoms with E-state index in [1.165, 1.54) is 12.8 Å². The number of nitrogens with zero attached hydrogens (tertiary/aromatic N) is 1. The van der Waals surface area contributed by atoms with Crippen LogP contribution in [0.4, 0.5) is 0 Å². The average molecular weight is 292 g/mol. The first-order valence-corrected chi connectivity index (χ1v) is 8.07. The summed E-state index contributed by atoms with van der Waals surface area (Å²) in [6.45, 7) is 9.65. The third-order valence-corrected chi connectivity index (χ3v) is 3.62. The highest BCUT2D eigenvalue weighted by Gasteiger charge is 2.15. The van der Waals surface area contributed by atoms with Gasteiger partial charge in [-0.3, -0.25) is 4.98 Å². The largest absolute Gasteiger partial charge is 0.489 e. The fourth-order valence-electron chi connectivity index (χ4n) is 2.46. The monoisotopic (exact) mass is 292 g/mol. The predicted molar refractivity (Wildman–Crippen MR) is 84.6 cm³/mol. The van der Waals surface area contributed by atoms with Gasteiger partial charge in [-0.05, 0) is 50.8 Å². The van der Waals surface area contributed by atoms with Crippen LogP contribution in [0, 0.1) is 12.8 Å². The van der Waals surface area contributed by atoms with Gasteiger partial charge in [0, 0.05) is 18.8 Å². The van der Waals surface area contributed by atoms with Crippen molar-refractivity contribution in [1.82, 2.24) is 10.3 Å². The first-order valence-electron chi connectivity index (χ1n) is 8.07. The lowest BCUT2D eigenvalue weighted by Crippen LogP contribution is -2.26. The van der Waals surface area contributed by atoms with Crippen molar-refractivity contribution in [3.8, 4) is 5.75 Å². The van der Waals surface area contributed by atoms with Gasteiger partial charge in [0.25, 0.3) is 0 Å². The molecule has 1 fully saturated rings. The summed E-state index contributed by atoms with van der Waals surface area (Å²) in [4.78, 5) is 4.61. The molecule has 2 heterocycles. The summed E-state index contributed by atoms with van der Waals surface area (Å²) in [6, 6.07) is 4.03. The Morgan fingerprint density at radius 2 is 2.24 bits per heavy atom. The summed E-state index contributed by atoms with van der Waals surface area (Å²) in [7, 11) is 0. The minimum Gasteiger partial charge on any atom is -0.489 e. The molecule has 0 amide bonds. The minimum atomic E-state index is 0.233. The van der Waals surface area contributed by atoms with Crippen LogP contribution in [-0.2, 0) is 11.3 Å². The maximum absolute atomic E-state index is 5.96. The Morgan fingerprint density at radius 1 is 1.38 bits per heavy atom. The fraction of sp³-hybridized carbons (Fsp3) is 0.706. The first kappa shape index (κ1) is 16.2. The third kappa shape index (κ3) is 5.64. The number of aryl methyl sites for hydroxylation is 1. The van der Waals surface area contributed by atoms with Crippen LogP contribution in [0.2, 0.25) is 0 Å². The molecule has 0 saturated carbocycles. The van der Waals surface area contributed by atoms with Crippen LogP contribution in [-0.4, -0.2) is 30.8 Å². The number of pyridine rings is 1. The van der Waals surface area contributed by atoms with Crippen LogP contribution >= 0.6 is 0 Å². The number of rotatable bonds is 7. The van der Waals surface area contributed by atoms with E-state index in [1.54, 1.807) is 0 Å². The standard InChI is InChI=1S/C17H28N2O2/c1-13(2)10-18-11-16-17(8-7-14(3)19-16)21-12-15-6-4-5-9-20-15/h7-8,13,15,18H,4-6,9-12H2,1-3H3. The van der Waals surface area contributed by atoms with Crippen LogP contribution in [0.15, 0.2) is 12.1 Å². The van der Waals surface area contributed by atoms with E-state index in [1.807, 2.05) is 19.1 Å². The van der Waals surface area contributed by atoms with Crippen molar-refractivity contribution >= 4 is 0 Å². The lowest BCUT2D eigenvalue weighted by atomic mass is 10.1. The van der Waals surface area contributed by atoms with Crippen LogP contribution < -0.4 is 10.1 Å². The summed E-state index contributed by atoms with van der Waals surface area (Å²) in [5.74, 6) is 1.51. The van der Waals surface area contributed by atoms with E-state index in [9.17, 15) is 0 Å². The summed E-state index contributed by atoms with van der Waals surface area (Å²) >= 11 is 0. The summed E-state index contributed by atoms with van der Waals surface area (Å²) in [5.41, 5.74) is 2.02. The Labute approximate surface area is 128 Å².